The lowest BCUT2D eigenvalue weighted by Crippen LogP contribution is -2.44. The Morgan fingerprint density at radius 1 is 0.566 bits per heavy atom. The third-order valence-electron chi connectivity index (χ3n) is 11.8. The molecule has 5 aromatic carbocycles. The molecule has 5 heteroatoms. The van der Waals surface area contributed by atoms with E-state index in [1.165, 1.54) is 58.9 Å². The summed E-state index contributed by atoms with van der Waals surface area (Å²) in [5.41, 5.74) is 2.97. The molecule has 0 radical (unpaired) electrons. The lowest BCUT2D eigenvalue weighted by Gasteiger charge is -2.41. The van der Waals surface area contributed by atoms with Crippen molar-refractivity contribution in [2.45, 2.75) is 83.7 Å². The van der Waals surface area contributed by atoms with Gasteiger partial charge in [0.15, 0.2) is 0 Å². The molecule has 0 aromatic heterocycles. The molecule has 5 aromatic rings. The smallest absolute Gasteiger partial charge is 0.0284 e. The van der Waals surface area contributed by atoms with E-state index in [0.717, 1.165) is 31.0 Å². The van der Waals surface area contributed by atoms with Crippen LogP contribution in [0.25, 0.3) is 0 Å². The summed E-state index contributed by atoms with van der Waals surface area (Å²) in [7, 11) is 0.799. The highest BCUT2D eigenvalue weighted by molar-refractivity contribution is 7.82. The van der Waals surface area contributed by atoms with Gasteiger partial charge in [0.25, 0.3) is 0 Å². The van der Waals surface area contributed by atoms with E-state index in [1.54, 1.807) is 10.6 Å². The number of rotatable bonds is 13. The molecule has 0 spiro atoms. The Balaban J connectivity index is 1.22. The molecular formula is C48H59N2P3. The van der Waals surface area contributed by atoms with Gasteiger partial charge in [-0.1, -0.05) is 175 Å². The van der Waals surface area contributed by atoms with Crippen LogP contribution in [0.2, 0.25) is 0 Å². The topological polar surface area (TPSA) is 6.48 Å². The van der Waals surface area contributed by atoms with E-state index in [2.05, 4.69) is 184 Å². The molecule has 1 aliphatic carbocycles. The summed E-state index contributed by atoms with van der Waals surface area (Å²) in [5, 5.41) is 9.10. The van der Waals surface area contributed by atoms with Gasteiger partial charge in [-0.15, -0.1) is 0 Å². The van der Waals surface area contributed by atoms with Gasteiger partial charge < -0.3 is 4.90 Å². The van der Waals surface area contributed by atoms with E-state index in [1.807, 2.05) is 0 Å². The molecule has 2 fully saturated rings. The van der Waals surface area contributed by atoms with Crippen LogP contribution in [0.15, 0.2) is 140 Å². The molecule has 1 heterocycles. The maximum atomic E-state index is 2.95. The first-order valence-corrected chi connectivity index (χ1v) is 24.2. The Hall–Kier alpha value is -2.69. The molecule has 0 unspecified atom stereocenters. The van der Waals surface area contributed by atoms with Crippen molar-refractivity contribution < 1.29 is 0 Å². The normalized spacial score (nSPS) is 21.3. The van der Waals surface area contributed by atoms with E-state index >= 15 is 0 Å². The highest BCUT2D eigenvalue weighted by Gasteiger charge is 2.39. The predicted molar refractivity (Wildman–Crippen MR) is 238 cm³/mol. The number of hydrogen-bond donors (Lipinski definition) is 0. The standard InChI is InChI=1S/C48H59N2P3/c1-37-29-30-38(2)48(37)50(53(44-25-14-8-15-26-44)45-27-16-9-17-28-45)34-33-49(5)36-41-31-32-46(51-39(3)19-18-20-40(51)4)47(35-41)52(42-21-10-6-11-22-42)43-23-12-7-13-24-43/h6-17,21-28,31-32,35,37-40,48H,18-20,29-30,33-34,36H2,1-5H3/t37-,38-,39-,40-/m1/s1. The molecular weight excluding hydrogens is 697 g/mol. The van der Waals surface area contributed by atoms with Gasteiger partial charge in [0.05, 0.1) is 0 Å². The monoisotopic (exact) mass is 756 g/mol. The van der Waals surface area contributed by atoms with Crippen molar-refractivity contribution in [2.24, 2.45) is 11.8 Å². The van der Waals surface area contributed by atoms with Crippen LogP contribution >= 0.6 is 23.9 Å². The number of benzene rings is 5. The number of nitrogens with zero attached hydrogens (tertiary/aromatic N) is 2. The van der Waals surface area contributed by atoms with Gasteiger partial charge in [0, 0.05) is 33.7 Å². The number of hydrogen-bond acceptors (Lipinski definition) is 2. The fraction of sp³-hybridized carbons (Fsp3) is 0.375. The van der Waals surface area contributed by atoms with Crippen molar-refractivity contribution in [1.82, 2.24) is 9.57 Å². The van der Waals surface area contributed by atoms with Gasteiger partial charge in [-0.3, -0.25) is 4.67 Å². The average Bonchev–Trinajstić information content (AvgIpc) is 3.52. The van der Waals surface area contributed by atoms with Gasteiger partial charge in [0.2, 0.25) is 0 Å². The SMILES string of the molecule is C[C@@H]1CC[C@@H](C)C1N(CCN(C)Cc1ccc(P2[C@H](C)CCC[C@H]2C)c(P(c2ccccc2)c2ccccc2)c1)P(c1ccccc1)c1ccccc1. The minimum absolute atomic E-state index is 0.239. The third-order valence-corrected chi connectivity index (χ3v) is 20.4. The van der Waals surface area contributed by atoms with Crippen LogP contribution in [-0.4, -0.2) is 47.1 Å². The second-order valence-electron chi connectivity index (χ2n) is 15.8. The van der Waals surface area contributed by atoms with E-state index in [4.69, 9.17) is 0 Å². The fourth-order valence-corrected chi connectivity index (χ4v) is 18.4. The van der Waals surface area contributed by atoms with Gasteiger partial charge in [-0.25, -0.2) is 0 Å². The van der Waals surface area contributed by atoms with Crippen molar-refractivity contribution in [2.75, 3.05) is 20.1 Å². The lowest BCUT2D eigenvalue weighted by molar-refractivity contribution is 0.215. The summed E-state index contributed by atoms with van der Waals surface area (Å²) < 4.78 is 2.95. The molecule has 0 amide bonds. The van der Waals surface area contributed by atoms with Crippen molar-refractivity contribution >= 4 is 55.7 Å². The maximum absolute atomic E-state index is 2.95. The average molecular weight is 757 g/mol. The molecule has 2 nitrogen and oxygen atoms in total. The molecule has 1 aliphatic heterocycles. The third kappa shape index (κ3) is 9.07. The number of likely N-dealkylation sites (N-methyl/N-ethyl adjacent to an activating group) is 1. The summed E-state index contributed by atoms with van der Waals surface area (Å²) in [4.78, 5) is 2.60. The highest BCUT2D eigenvalue weighted by atomic mass is 31.1. The first kappa shape index (κ1) is 38.6. The van der Waals surface area contributed by atoms with Gasteiger partial charge in [-0.2, -0.15) is 0 Å². The fourth-order valence-electron chi connectivity index (χ4n) is 9.19. The summed E-state index contributed by atoms with van der Waals surface area (Å²) in [5.74, 6) is 1.40. The first-order valence-electron chi connectivity index (χ1n) is 20.1. The summed E-state index contributed by atoms with van der Waals surface area (Å²) in [6, 6.07) is 53.8. The molecule has 276 valence electrons. The second kappa shape index (κ2) is 18.3. The molecule has 7 rings (SSSR count). The van der Waals surface area contributed by atoms with Crippen LogP contribution in [0.4, 0.5) is 0 Å². The Morgan fingerprint density at radius 3 is 1.53 bits per heavy atom. The van der Waals surface area contributed by atoms with Crippen LogP contribution in [-0.2, 0) is 6.54 Å². The van der Waals surface area contributed by atoms with Crippen molar-refractivity contribution in [3.05, 3.63) is 145 Å². The zero-order chi connectivity index (χ0) is 36.7. The minimum atomic E-state index is -0.674. The van der Waals surface area contributed by atoms with Crippen molar-refractivity contribution in [3.8, 4) is 0 Å². The Kier molecular flexibility index (Phi) is 13.3. The van der Waals surface area contributed by atoms with Crippen LogP contribution in [0.1, 0.15) is 65.4 Å². The Labute approximate surface area is 324 Å². The molecule has 53 heavy (non-hydrogen) atoms. The predicted octanol–water partition coefficient (Wildman–Crippen LogP) is 9.73. The van der Waals surface area contributed by atoms with E-state index < -0.39 is 16.0 Å². The van der Waals surface area contributed by atoms with Crippen LogP contribution in [0, 0.1) is 11.8 Å². The van der Waals surface area contributed by atoms with Gasteiger partial charge in [0.1, 0.15) is 0 Å². The Bertz CT molecular complexity index is 1760. The van der Waals surface area contributed by atoms with Crippen molar-refractivity contribution in [1.29, 1.82) is 0 Å². The maximum Gasteiger partial charge on any atom is 0.0284 e. The molecule has 1 saturated heterocycles. The van der Waals surface area contributed by atoms with E-state index in [0.29, 0.717) is 17.9 Å². The van der Waals surface area contributed by atoms with Crippen LogP contribution in [0.5, 0.6) is 0 Å². The molecule has 0 bridgehead atoms. The highest BCUT2D eigenvalue weighted by Crippen LogP contribution is 2.53. The van der Waals surface area contributed by atoms with E-state index in [-0.39, 0.29) is 7.92 Å². The summed E-state index contributed by atoms with van der Waals surface area (Å²) in [6.07, 6.45) is 6.74. The molecule has 4 atom stereocenters. The zero-order valence-corrected chi connectivity index (χ0v) is 35.2. The Morgan fingerprint density at radius 2 is 1.04 bits per heavy atom. The van der Waals surface area contributed by atoms with Gasteiger partial charge >= 0.3 is 0 Å². The quantitative estimate of drug-likeness (QED) is 0.111. The minimum Gasteiger partial charge on any atom is -0.301 e. The molecule has 2 aliphatic rings. The summed E-state index contributed by atoms with van der Waals surface area (Å²) >= 11 is 0. The second-order valence-corrected chi connectivity index (χ2v) is 23.2. The van der Waals surface area contributed by atoms with Crippen molar-refractivity contribution in [3.63, 3.8) is 0 Å². The lowest BCUT2D eigenvalue weighted by atomic mass is 10.0. The van der Waals surface area contributed by atoms with Crippen LogP contribution < -0.4 is 31.8 Å². The first-order chi connectivity index (χ1) is 25.9. The zero-order valence-electron chi connectivity index (χ0n) is 32.6. The molecule has 1 saturated carbocycles. The van der Waals surface area contributed by atoms with Crippen LogP contribution in [0.3, 0.4) is 0 Å². The van der Waals surface area contributed by atoms with E-state index in [9.17, 15) is 0 Å². The molecule has 0 N–H and O–H groups in total. The summed E-state index contributed by atoms with van der Waals surface area (Å²) in [6.45, 7) is 13.2. The van der Waals surface area contributed by atoms with Gasteiger partial charge in [-0.05, 0) is 107 Å². The largest absolute Gasteiger partial charge is 0.301 e.